The fraction of sp³-hybridized carbons (Fsp3) is 0.500. The molecule has 0 spiro atoms. The standard InChI is InChI=1S/C12H18N4O2.ClH/c1-12(2)6-15-5-9(12)18-8-3-7(11(14)17)4-16-10(8)13;/h3-4,9,15H,5-6H2,1-2H3,(H2,13,16)(H2,14,17);1H. The molecule has 1 aromatic rings. The molecule has 0 bridgehead atoms. The third-order valence-electron chi connectivity index (χ3n) is 3.22. The number of halogens is 1. The number of anilines is 1. The first kappa shape index (κ1) is 15.5. The molecule has 0 aliphatic carbocycles. The summed E-state index contributed by atoms with van der Waals surface area (Å²) in [5.41, 5.74) is 11.3. The smallest absolute Gasteiger partial charge is 0.250 e. The first-order chi connectivity index (χ1) is 8.40. The Balaban J connectivity index is 0.00000180. The second-order valence-corrected chi connectivity index (χ2v) is 5.20. The van der Waals surface area contributed by atoms with E-state index < -0.39 is 5.91 Å². The highest BCUT2D eigenvalue weighted by molar-refractivity contribution is 5.93. The third kappa shape index (κ3) is 3.27. The SMILES string of the molecule is CC1(C)CNCC1Oc1cc(C(N)=O)cnc1N.Cl. The molecule has 1 aliphatic heterocycles. The van der Waals surface area contributed by atoms with E-state index in [1.165, 1.54) is 6.20 Å². The fourth-order valence-corrected chi connectivity index (χ4v) is 1.95. The average molecular weight is 287 g/mol. The van der Waals surface area contributed by atoms with Crippen molar-refractivity contribution in [1.29, 1.82) is 0 Å². The van der Waals surface area contributed by atoms with Crippen molar-refractivity contribution in [2.45, 2.75) is 20.0 Å². The molecule has 1 aromatic heterocycles. The lowest BCUT2D eigenvalue weighted by Gasteiger charge is -2.26. The van der Waals surface area contributed by atoms with E-state index >= 15 is 0 Å². The largest absolute Gasteiger partial charge is 0.485 e. The highest BCUT2D eigenvalue weighted by atomic mass is 35.5. The highest BCUT2D eigenvalue weighted by Gasteiger charge is 2.36. The number of carbonyl (C=O) groups excluding carboxylic acids is 1. The van der Waals surface area contributed by atoms with Crippen LogP contribution in [-0.4, -0.2) is 30.1 Å². The molecule has 2 rings (SSSR count). The van der Waals surface area contributed by atoms with E-state index in [1.54, 1.807) is 6.07 Å². The number of hydrogen-bond acceptors (Lipinski definition) is 5. The Bertz CT molecular complexity index is 479. The van der Waals surface area contributed by atoms with E-state index in [-0.39, 0.29) is 29.7 Å². The number of nitrogens with one attached hydrogen (secondary N) is 1. The molecule has 7 heteroatoms. The molecule has 1 atom stereocenters. The number of amides is 1. The zero-order chi connectivity index (χ0) is 13.3. The van der Waals surface area contributed by atoms with Crippen molar-refractivity contribution in [2.75, 3.05) is 18.8 Å². The lowest BCUT2D eigenvalue weighted by atomic mass is 9.90. The number of ether oxygens (including phenoxy) is 1. The van der Waals surface area contributed by atoms with Crippen LogP contribution in [0.1, 0.15) is 24.2 Å². The van der Waals surface area contributed by atoms with Gasteiger partial charge in [-0.1, -0.05) is 13.8 Å². The molecule has 0 radical (unpaired) electrons. The molecule has 1 fully saturated rings. The molecule has 1 amide bonds. The number of aromatic nitrogens is 1. The topological polar surface area (TPSA) is 103 Å². The molecule has 1 unspecified atom stereocenters. The molecule has 19 heavy (non-hydrogen) atoms. The molecular formula is C12H19ClN4O2. The Morgan fingerprint density at radius 2 is 2.26 bits per heavy atom. The quantitative estimate of drug-likeness (QED) is 0.753. The fourth-order valence-electron chi connectivity index (χ4n) is 1.95. The number of nitrogens with two attached hydrogens (primary N) is 2. The van der Waals surface area contributed by atoms with Crippen molar-refractivity contribution in [3.8, 4) is 5.75 Å². The maximum absolute atomic E-state index is 11.1. The van der Waals surface area contributed by atoms with E-state index in [9.17, 15) is 4.79 Å². The van der Waals surface area contributed by atoms with Gasteiger partial charge in [0.05, 0.1) is 5.56 Å². The van der Waals surface area contributed by atoms with E-state index in [0.29, 0.717) is 11.3 Å². The summed E-state index contributed by atoms with van der Waals surface area (Å²) in [7, 11) is 0. The second-order valence-electron chi connectivity index (χ2n) is 5.20. The number of carbonyl (C=O) groups is 1. The summed E-state index contributed by atoms with van der Waals surface area (Å²) < 4.78 is 5.85. The van der Waals surface area contributed by atoms with Gasteiger partial charge < -0.3 is 21.5 Å². The summed E-state index contributed by atoms with van der Waals surface area (Å²) in [5, 5.41) is 3.26. The van der Waals surface area contributed by atoms with Gasteiger partial charge in [0, 0.05) is 24.7 Å². The first-order valence-electron chi connectivity index (χ1n) is 5.83. The van der Waals surface area contributed by atoms with Crippen LogP contribution >= 0.6 is 12.4 Å². The molecule has 1 saturated heterocycles. The third-order valence-corrected chi connectivity index (χ3v) is 3.22. The molecule has 0 aromatic carbocycles. The van der Waals surface area contributed by atoms with Gasteiger partial charge in [-0.15, -0.1) is 12.4 Å². The normalized spacial score (nSPS) is 20.6. The summed E-state index contributed by atoms with van der Waals surface area (Å²) in [6, 6.07) is 1.54. The Morgan fingerprint density at radius 3 is 2.79 bits per heavy atom. The van der Waals surface area contributed by atoms with Crippen LogP contribution in [0.25, 0.3) is 0 Å². The van der Waals surface area contributed by atoms with E-state index in [0.717, 1.165) is 13.1 Å². The van der Waals surface area contributed by atoms with Crippen molar-refractivity contribution in [3.63, 3.8) is 0 Å². The Morgan fingerprint density at radius 1 is 1.58 bits per heavy atom. The van der Waals surface area contributed by atoms with Crippen molar-refractivity contribution in [1.82, 2.24) is 10.3 Å². The van der Waals surface area contributed by atoms with Gasteiger partial charge in [0.25, 0.3) is 0 Å². The van der Waals surface area contributed by atoms with Crippen LogP contribution in [0.3, 0.4) is 0 Å². The van der Waals surface area contributed by atoms with Crippen LogP contribution in [-0.2, 0) is 0 Å². The minimum Gasteiger partial charge on any atom is -0.485 e. The van der Waals surface area contributed by atoms with Gasteiger partial charge in [0.15, 0.2) is 11.6 Å². The van der Waals surface area contributed by atoms with Gasteiger partial charge in [-0.3, -0.25) is 4.79 Å². The number of pyridine rings is 1. The van der Waals surface area contributed by atoms with Crippen LogP contribution in [0, 0.1) is 5.41 Å². The summed E-state index contributed by atoms with van der Waals surface area (Å²) in [6.07, 6.45) is 1.34. The van der Waals surface area contributed by atoms with Crippen molar-refractivity contribution in [2.24, 2.45) is 11.1 Å². The van der Waals surface area contributed by atoms with E-state index in [1.807, 2.05) is 0 Å². The second kappa shape index (κ2) is 5.63. The molecule has 6 nitrogen and oxygen atoms in total. The van der Waals surface area contributed by atoms with Gasteiger partial charge in [-0.25, -0.2) is 4.98 Å². The summed E-state index contributed by atoms with van der Waals surface area (Å²) >= 11 is 0. The summed E-state index contributed by atoms with van der Waals surface area (Å²) in [5.74, 6) is 0.131. The zero-order valence-electron chi connectivity index (χ0n) is 11.0. The van der Waals surface area contributed by atoms with Gasteiger partial charge in [0.2, 0.25) is 5.91 Å². The minimum absolute atomic E-state index is 0. The van der Waals surface area contributed by atoms with Crippen LogP contribution in [0.15, 0.2) is 12.3 Å². The molecule has 106 valence electrons. The monoisotopic (exact) mass is 286 g/mol. The van der Waals surface area contributed by atoms with Gasteiger partial charge >= 0.3 is 0 Å². The molecule has 1 aliphatic rings. The molecule has 5 N–H and O–H groups in total. The Hall–Kier alpha value is -1.53. The van der Waals surface area contributed by atoms with Gasteiger partial charge in [0.1, 0.15) is 6.10 Å². The van der Waals surface area contributed by atoms with Crippen molar-refractivity contribution < 1.29 is 9.53 Å². The summed E-state index contributed by atoms with van der Waals surface area (Å²) in [6.45, 7) is 5.84. The lowest BCUT2D eigenvalue weighted by Crippen LogP contribution is -2.33. The number of primary amides is 1. The van der Waals surface area contributed by atoms with Crippen molar-refractivity contribution in [3.05, 3.63) is 17.8 Å². The maximum atomic E-state index is 11.1. The molecule has 2 heterocycles. The first-order valence-corrected chi connectivity index (χ1v) is 5.83. The van der Waals surface area contributed by atoms with Crippen molar-refractivity contribution >= 4 is 24.1 Å². The number of rotatable bonds is 3. The number of hydrogen-bond donors (Lipinski definition) is 3. The highest BCUT2D eigenvalue weighted by Crippen LogP contribution is 2.30. The van der Waals surface area contributed by atoms with Gasteiger partial charge in [-0.2, -0.15) is 0 Å². The predicted octanol–water partition coefficient (Wildman–Crippen LogP) is 0.561. The number of nitrogen functional groups attached to an aromatic ring is 1. The van der Waals surface area contributed by atoms with Crippen LogP contribution in [0.4, 0.5) is 5.82 Å². The average Bonchev–Trinajstić information content (AvgIpc) is 2.61. The number of nitrogens with zero attached hydrogens (tertiary/aromatic N) is 1. The van der Waals surface area contributed by atoms with Crippen LogP contribution in [0.2, 0.25) is 0 Å². The predicted molar refractivity (Wildman–Crippen MR) is 75.5 cm³/mol. The zero-order valence-corrected chi connectivity index (χ0v) is 11.8. The van der Waals surface area contributed by atoms with Gasteiger partial charge in [-0.05, 0) is 6.07 Å². The molecule has 0 saturated carbocycles. The van der Waals surface area contributed by atoms with E-state index in [4.69, 9.17) is 16.2 Å². The summed E-state index contributed by atoms with van der Waals surface area (Å²) in [4.78, 5) is 15.0. The van der Waals surface area contributed by atoms with Crippen LogP contribution in [0.5, 0.6) is 5.75 Å². The minimum atomic E-state index is -0.545. The van der Waals surface area contributed by atoms with E-state index in [2.05, 4.69) is 24.1 Å². The molecular weight excluding hydrogens is 268 g/mol. The van der Waals surface area contributed by atoms with Crippen LogP contribution < -0.4 is 21.5 Å². The lowest BCUT2D eigenvalue weighted by molar-refractivity contribution is 0.0997. The Labute approximate surface area is 118 Å². The maximum Gasteiger partial charge on any atom is 0.250 e. The Kier molecular flexibility index (Phi) is 4.60.